The lowest BCUT2D eigenvalue weighted by atomic mass is 9.98. The number of hydrogen-bond donors (Lipinski definition) is 1. The summed E-state index contributed by atoms with van der Waals surface area (Å²) in [5.41, 5.74) is 0. The van der Waals surface area contributed by atoms with Crippen LogP contribution in [0.2, 0.25) is 0 Å². The first-order valence-electron chi connectivity index (χ1n) is 7.39. The Hall–Kier alpha value is -0.830. The molecular formula is C15H26N2O. The van der Waals surface area contributed by atoms with E-state index in [0.717, 1.165) is 57.3 Å². The number of hydrogen-bond acceptors (Lipinski definition) is 2. The van der Waals surface area contributed by atoms with Crippen molar-refractivity contribution in [2.75, 3.05) is 26.2 Å². The van der Waals surface area contributed by atoms with Gasteiger partial charge in [0.2, 0.25) is 5.91 Å². The third kappa shape index (κ3) is 3.84. The van der Waals surface area contributed by atoms with Gasteiger partial charge in [0.1, 0.15) is 0 Å². The van der Waals surface area contributed by atoms with Crippen molar-refractivity contribution in [3.8, 4) is 0 Å². The second kappa shape index (κ2) is 6.93. The van der Waals surface area contributed by atoms with Crippen LogP contribution < -0.4 is 5.32 Å². The number of carbonyl (C=O) groups excluding carboxylic acids is 1. The van der Waals surface area contributed by atoms with E-state index in [1.165, 1.54) is 19.3 Å². The molecular weight excluding hydrogens is 224 g/mol. The van der Waals surface area contributed by atoms with Crippen LogP contribution in [-0.4, -0.2) is 37.0 Å². The van der Waals surface area contributed by atoms with Crippen molar-refractivity contribution < 1.29 is 4.79 Å². The van der Waals surface area contributed by atoms with Gasteiger partial charge in [0.05, 0.1) is 0 Å². The van der Waals surface area contributed by atoms with Gasteiger partial charge in [-0.1, -0.05) is 12.5 Å². The quantitative estimate of drug-likeness (QED) is 0.759. The number of nitrogens with one attached hydrogen (secondary N) is 1. The molecule has 0 spiro atoms. The van der Waals surface area contributed by atoms with Gasteiger partial charge in [0, 0.05) is 32.6 Å². The Morgan fingerprint density at radius 3 is 2.72 bits per heavy atom. The van der Waals surface area contributed by atoms with Crippen LogP contribution in [0.4, 0.5) is 0 Å². The fraction of sp³-hybridized carbons (Fsp3) is 0.800. The van der Waals surface area contributed by atoms with Crippen molar-refractivity contribution in [2.45, 2.75) is 38.5 Å². The van der Waals surface area contributed by atoms with E-state index in [4.69, 9.17) is 0 Å². The van der Waals surface area contributed by atoms with E-state index in [-0.39, 0.29) is 0 Å². The molecule has 1 amide bonds. The Balaban J connectivity index is 1.65. The third-order valence-electron chi connectivity index (χ3n) is 4.39. The second-order valence-electron chi connectivity index (χ2n) is 5.74. The highest BCUT2D eigenvalue weighted by molar-refractivity contribution is 5.76. The molecule has 18 heavy (non-hydrogen) atoms. The monoisotopic (exact) mass is 250 g/mol. The van der Waals surface area contributed by atoms with E-state index in [1.54, 1.807) is 0 Å². The van der Waals surface area contributed by atoms with Crippen molar-refractivity contribution in [1.82, 2.24) is 10.2 Å². The van der Waals surface area contributed by atoms with Gasteiger partial charge in [-0.3, -0.25) is 4.79 Å². The van der Waals surface area contributed by atoms with Gasteiger partial charge >= 0.3 is 0 Å². The first-order chi connectivity index (χ1) is 8.79. The van der Waals surface area contributed by atoms with Crippen LogP contribution in [0.3, 0.4) is 0 Å². The lowest BCUT2D eigenvalue weighted by Gasteiger charge is -2.27. The summed E-state index contributed by atoms with van der Waals surface area (Å²) >= 11 is 0. The Morgan fingerprint density at radius 1 is 1.28 bits per heavy atom. The predicted octanol–water partition coefficient (Wildman–Crippen LogP) is 2.19. The van der Waals surface area contributed by atoms with Crippen LogP contribution in [0.25, 0.3) is 0 Å². The van der Waals surface area contributed by atoms with Crippen LogP contribution in [0.5, 0.6) is 0 Å². The SMILES string of the molecule is C=CCC1CCC(CCC(=O)N2CCNCC2)C1. The van der Waals surface area contributed by atoms with Crippen LogP contribution in [0.1, 0.15) is 38.5 Å². The standard InChI is InChI=1S/C15H26N2O/c1-2-3-13-4-5-14(12-13)6-7-15(18)17-10-8-16-9-11-17/h2,13-14,16H,1,3-12H2. The largest absolute Gasteiger partial charge is 0.340 e. The molecule has 0 aromatic heterocycles. The first-order valence-corrected chi connectivity index (χ1v) is 7.39. The van der Waals surface area contributed by atoms with Crippen molar-refractivity contribution in [2.24, 2.45) is 11.8 Å². The van der Waals surface area contributed by atoms with E-state index in [9.17, 15) is 4.79 Å². The van der Waals surface area contributed by atoms with Gasteiger partial charge in [-0.25, -0.2) is 0 Å². The highest BCUT2D eigenvalue weighted by atomic mass is 16.2. The molecule has 2 atom stereocenters. The number of rotatable bonds is 5. The lowest BCUT2D eigenvalue weighted by molar-refractivity contribution is -0.132. The van der Waals surface area contributed by atoms with E-state index in [1.807, 2.05) is 11.0 Å². The summed E-state index contributed by atoms with van der Waals surface area (Å²) in [6.07, 6.45) is 9.00. The normalized spacial score (nSPS) is 28.3. The lowest BCUT2D eigenvalue weighted by Crippen LogP contribution is -2.46. The van der Waals surface area contributed by atoms with Gasteiger partial charge < -0.3 is 10.2 Å². The molecule has 1 saturated heterocycles. The average Bonchev–Trinajstić information content (AvgIpc) is 2.85. The van der Waals surface area contributed by atoms with Gasteiger partial charge in [-0.05, 0) is 37.5 Å². The Bertz CT molecular complexity index is 284. The van der Waals surface area contributed by atoms with Crippen molar-refractivity contribution in [1.29, 1.82) is 0 Å². The highest BCUT2D eigenvalue weighted by Gasteiger charge is 2.25. The molecule has 1 heterocycles. The number of allylic oxidation sites excluding steroid dienone is 1. The molecule has 0 bridgehead atoms. The topological polar surface area (TPSA) is 32.3 Å². The number of amides is 1. The third-order valence-corrected chi connectivity index (χ3v) is 4.39. The zero-order valence-electron chi connectivity index (χ0n) is 11.4. The number of piperazine rings is 1. The molecule has 102 valence electrons. The van der Waals surface area contributed by atoms with Crippen LogP contribution in [0, 0.1) is 11.8 Å². The van der Waals surface area contributed by atoms with Gasteiger partial charge in [0.25, 0.3) is 0 Å². The molecule has 2 fully saturated rings. The maximum absolute atomic E-state index is 12.0. The highest BCUT2D eigenvalue weighted by Crippen LogP contribution is 2.35. The number of nitrogens with zero attached hydrogens (tertiary/aromatic N) is 1. The van der Waals surface area contributed by atoms with E-state index in [0.29, 0.717) is 5.91 Å². The second-order valence-corrected chi connectivity index (χ2v) is 5.74. The van der Waals surface area contributed by atoms with Gasteiger partial charge in [-0.15, -0.1) is 6.58 Å². The fourth-order valence-electron chi connectivity index (χ4n) is 3.29. The molecule has 3 heteroatoms. The maximum Gasteiger partial charge on any atom is 0.222 e. The van der Waals surface area contributed by atoms with E-state index in [2.05, 4.69) is 11.9 Å². The molecule has 2 rings (SSSR count). The van der Waals surface area contributed by atoms with Gasteiger partial charge in [-0.2, -0.15) is 0 Å². The summed E-state index contributed by atoms with van der Waals surface area (Å²) in [6, 6.07) is 0. The Morgan fingerprint density at radius 2 is 2.00 bits per heavy atom. The average molecular weight is 250 g/mol. The summed E-state index contributed by atoms with van der Waals surface area (Å²) in [5, 5.41) is 3.28. The Labute approximate surface area is 111 Å². The smallest absolute Gasteiger partial charge is 0.222 e. The molecule has 0 aromatic rings. The summed E-state index contributed by atoms with van der Waals surface area (Å²) in [5.74, 6) is 1.98. The first kappa shape index (κ1) is 13.6. The van der Waals surface area contributed by atoms with Crippen LogP contribution in [0.15, 0.2) is 12.7 Å². The maximum atomic E-state index is 12.0. The summed E-state index contributed by atoms with van der Waals surface area (Å²) < 4.78 is 0. The fourth-order valence-corrected chi connectivity index (χ4v) is 3.29. The van der Waals surface area contributed by atoms with E-state index >= 15 is 0 Å². The predicted molar refractivity (Wildman–Crippen MR) is 74.3 cm³/mol. The minimum Gasteiger partial charge on any atom is -0.340 e. The Kier molecular flexibility index (Phi) is 5.24. The summed E-state index contributed by atoms with van der Waals surface area (Å²) in [7, 11) is 0. The van der Waals surface area contributed by atoms with Crippen LogP contribution in [-0.2, 0) is 4.79 Å². The molecule has 1 N–H and O–H groups in total. The molecule has 2 aliphatic rings. The zero-order valence-corrected chi connectivity index (χ0v) is 11.4. The number of carbonyl (C=O) groups is 1. The molecule has 1 aliphatic carbocycles. The molecule has 3 nitrogen and oxygen atoms in total. The molecule has 1 saturated carbocycles. The summed E-state index contributed by atoms with van der Waals surface area (Å²) in [4.78, 5) is 14.1. The minimum absolute atomic E-state index is 0.365. The summed E-state index contributed by atoms with van der Waals surface area (Å²) in [6.45, 7) is 7.51. The van der Waals surface area contributed by atoms with E-state index < -0.39 is 0 Å². The van der Waals surface area contributed by atoms with Crippen LogP contribution >= 0.6 is 0 Å². The molecule has 0 radical (unpaired) electrons. The van der Waals surface area contributed by atoms with Gasteiger partial charge in [0.15, 0.2) is 0 Å². The molecule has 1 aliphatic heterocycles. The minimum atomic E-state index is 0.365. The molecule has 0 aromatic carbocycles. The van der Waals surface area contributed by atoms with Crippen molar-refractivity contribution in [3.05, 3.63) is 12.7 Å². The molecule has 2 unspecified atom stereocenters. The van der Waals surface area contributed by atoms with Crippen molar-refractivity contribution in [3.63, 3.8) is 0 Å². The van der Waals surface area contributed by atoms with Crippen molar-refractivity contribution >= 4 is 5.91 Å². The zero-order chi connectivity index (χ0) is 12.8.